The summed E-state index contributed by atoms with van der Waals surface area (Å²) in [7, 11) is 0. The molecule has 0 spiro atoms. The first kappa shape index (κ1) is 12.9. The maximum Gasteiger partial charge on any atom is 0.414 e. The number of hydrogen-bond donors (Lipinski definition) is 0. The molecule has 0 aliphatic carbocycles. The molecular formula is C13H16N5O2. The van der Waals surface area contributed by atoms with Gasteiger partial charge in [-0.2, -0.15) is 0 Å². The molecule has 0 fully saturated rings. The number of hydroxylamine groups is 3. The fourth-order valence-corrected chi connectivity index (χ4v) is 2.27. The van der Waals surface area contributed by atoms with E-state index in [2.05, 4.69) is 10.3 Å². The van der Waals surface area contributed by atoms with Crippen LogP contribution < -0.4 is 0 Å². The first-order valence-electron chi connectivity index (χ1n) is 6.41. The summed E-state index contributed by atoms with van der Waals surface area (Å²) in [5.41, 5.74) is -0.448. The number of hydrogen-bond acceptors (Lipinski definition) is 4. The summed E-state index contributed by atoms with van der Waals surface area (Å²) in [5.74, 6) is -0.0475. The van der Waals surface area contributed by atoms with Gasteiger partial charge in [-0.3, -0.25) is 4.74 Å². The Kier molecular flexibility index (Phi) is 2.38. The van der Waals surface area contributed by atoms with Crippen LogP contribution >= 0.6 is 0 Å². The average Bonchev–Trinajstić information content (AvgIpc) is 2.86. The van der Waals surface area contributed by atoms with E-state index in [0.717, 1.165) is 9.80 Å². The molecule has 0 amide bonds. The van der Waals surface area contributed by atoms with Gasteiger partial charge in [-0.1, -0.05) is 21.9 Å². The van der Waals surface area contributed by atoms with Gasteiger partial charge in [0.1, 0.15) is 11.1 Å². The Balaban J connectivity index is 2.27. The van der Waals surface area contributed by atoms with Gasteiger partial charge in [-0.05, 0) is 45.0 Å². The van der Waals surface area contributed by atoms with E-state index in [0.29, 0.717) is 11.0 Å². The largest absolute Gasteiger partial charge is 0.744 e. The van der Waals surface area contributed by atoms with Crippen LogP contribution in [0.15, 0.2) is 24.3 Å². The topological polar surface area (TPSA) is 79.9 Å². The lowest BCUT2D eigenvalue weighted by molar-refractivity contribution is -0.541. The highest BCUT2D eigenvalue weighted by molar-refractivity contribution is 5.88. The Hall–Kier alpha value is -2.15. The van der Waals surface area contributed by atoms with E-state index in [4.69, 9.17) is 0 Å². The molecule has 20 heavy (non-hydrogen) atoms. The Morgan fingerprint density at radius 2 is 1.85 bits per heavy atom. The van der Waals surface area contributed by atoms with Crippen LogP contribution in [0.1, 0.15) is 27.7 Å². The van der Waals surface area contributed by atoms with E-state index in [-0.39, 0.29) is 5.96 Å². The maximum absolute atomic E-state index is 12.5. The van der Waals surface area contributed by atoms with Crippen molar-refractivity contribution in [1.29, 1.82) is 0 Å². The number of benzene rings is 1. The first-order valence-corrected chi connectivity index (χ1v) is 6.41. The lowest BCUT2D eigenvalue weighted by Crippen LogP contribution is -2.53. The van der Waals surface area contributed by atoms with E-state index in [1.807, 2.05) is 12.1 Å². The zero-order valence-electron chi connectivity index (χ0n) is 11.9. The summed E-state index contributed by atoms with van der Waals surface area (Å²) < 4.78 is 2.03. The molecule has 0 saturated heterocycles. The molecule has 105 valence electrons. The summed E-state index contributed by atoms with van der Waals surface area (Å²) in [4.78, 5) is 0. The number of nitrogens with zero attached hydrogens (tertiary/aromatic N) is 5. The molecule has 1 radical (unpaired) electrons. The minimum Gasteiger partial charge on any atom is -0.744 e. The van der Waals surface area contributed by atoms with E-state index in [1.165, 1.54) is 4.68 Å². The van der Waals surface area contributed by atoms with Gasteiger partial charge in [0.25, 0.3) is 0 Å². The summed E-state index contributed by atoms with van der Waals surface area (Å²) in [6.07, 6.45) is 0. The highest BCUT2D eigenvalue weighted by Crippen LogP contribution is 2.36. The Bertz CT molecular complexity index is 716. The van der Waals surface area contributed by atoms with Gasteiger partial charge in [0, 0.05) is 5.21 Å². The maximum atomic E-state index is 12.5. The van der Waals surface area contributed by atoms with Crippen molar-refractivity contribution in [3.05, 3.63) is 29.5 Å². The fourth-order valence-electron chi connectivity index (χ4n) is 2.27. The van der Waals surface area contributed by atoms with Crippen LogP contribution in [0.25, 0.3) is 11.0 Å². The van der Waals surface area contributed by atoms with Crippen molar-refractivity contribution < 1.29 is 9.95 Å². The standard InChI is InChI=1S/C13H16N5O2/c1-12(2)13(3,4)18(20)11(17(12)19)16-10-8-6-5-7-9(10)14-15-16/h5-8H,1-4H3. The molecule has 0 unspecified atom stereocenters. The quantitative estimate of drug-likeness (QED) is 0.536. The van der Waals surface area contributed by atoms with Gasteiger partial charge in [0.2, 0.25) is 0 Å². The molecule has 2 aromatic rings. The van der Waals surface area contributed by atoms with Gasteiger partial charge >= 0.3 is 5.96 Å². The molecule has 1 aromatic heterocycles. The van der Waals surface area contributed by atoms with Crippen LogP contribution in [0, 0.1) is 5.21 Å². The molecule has 0 atom stereocenters. The van der Waals surface area contributed by atoms with Crippen molar-refractivity contribution in [2.45, 2.75) is 38.8 Å². The highest BCUT2D eigenvalue weighted by Gasteiger charge is 2.59. The molecule has 1 aliphatic heterocycles. The van der Waals surface area contributed by atoms with E-state index >= 15 is 0 Å². The second-order valence-electron chi connectivity index (χ2n) is 6.00. The summed E-state index contributed by atoms with van der Waals surface area (Å²) >= 11 is 0. The van der Waals surface area contributed by atoms with Gasteiger partial charge in [0.15, 0.2) is 11.1 Å². The molecule has 1 aromatic carbocycles. The van der Waals surface area contributed by atoms with Crippen molar-refractivity contribution in [2.24, 2.45) is 0 Å². The van der Waals surface area contributed by atoms with Crippen molar-refractivity contribution in [3.63, 3.8) is 0 Å². The monoisotopic (exact) mass is 274 g/mol. The minimum atomic E-state index is -0.864. The SMILES string of the molecule is CC1(C)N([O])C(n2nnc3ccccc32)=[N+]([O-])C1(C)C. The van der Waals surface area contributed by atoms with Gasteiger partial charge in [-0.15, -0.1) is 5.10 Å². The zero-order valence-corrected chi connectivity index (χ0v) is 11.9. The fraction of sp³-hybridized carbons (Fsp3) is 0.462. The summed E-state index contributed by atoms with van der Waals surface area (Å²) in [5, 5.41) is 33.8. The second-order valence-corrected chi connectivity index (χ2v) is 6.00. The molecule has 3 rings (SSSR count). The number of rotatable bonds is 0. The van der Waals surface area contributed by atoms with Crippen LogP contribution in [-0.4, -0.2) is 41.8 Å². The lowest BCUT2D eigenvalue weighted by Gasteiger charge is -2.34. The minimum absolute atomic E-state index is 0.0475. The Morgan fingerprint density at radius 3 is 2.45 bits per heavy atom. The molecule has 0 bridgehead atoms. The average molecular weight is 274 g/mol. The number of fused-ring (bicyclic) bond motifs is 1. The van der Waals surface area contributed by atoms with Crippen LogP contribution in [0.5, 0.6) is 0 Å². The second kappa shape index (κ2) is 3.69. The Labute approximate surface area is 116 Å². The highest BCUT2D eigenvalue weighted by atomic mass is 16.5. The molecule has 7 heteroatoms. The molecule has 0 saturated carbocycles. The zero-order chi connectivity index (χ0) is 14.7. The first-order chi connectivity index (χ1) is 9.28. The van der Waals surface area contributed by atoms with Crippen molar-refractivity contribution in [2.75, 3.05) is 0 Å². The predicted octanol–water partition coefficient (Wildman–Crippen LogP) is 1.36. The van der Waals surface area contributed by atoms with Crippen LogP contribution in [0.3, 0.4) is 0 Å². The summed E-state index contributed by atoms with van der Waals surface area (Å²) in [6.45, 7) is 6.99. The van der Waals surface area contributed by atoms with E-state index < -0.39 is 11.1 Å². The molecule has 1 aliphatic rings. The van der Waals surface area contributed by atoms with Crippen LogP contribution in [0.2, 0.25) is 0 Å². The van der Waals surface area contributed by atoms with E-state index in [9.17, 15) is 10.4 Å². The van der Waals surface area contributed by atoms with Crippen molar-refractivity contribution in [3.8, 4) is 0 Å². The van der Waals surface area contributed by atoms with E-state index in [1.54, 1.807) is 39.8 Å². The molecular weight excluding hydrogens is 258 g/mol. The predicted molar refractivity (Wildman–Crippen MR) is 72.2 cm³/mol. The normalized spacial score (nSPS) is 20.9. The third-order valence-electron chi connectivity index (χ3n) is 4.42. The summed E-state index contributed by atoms with van der Waals surface area (Å²) in [6, 6.07) is 7.22. The van der Waals surface area contributed by atoms with Crippen molar-refractivity contribution >= 4 is 17.0 Å². The smallest absolute Gasteiger partial charge is 0.414 e. The number of para-hydroxylation sites is 1. The third-order valence-corrected chi connectivity index (χ3v) is 4.42. The molecule has 7 nitrogen and oxygen atoms in total. The van der Waals surface area contributed by atoms with Gasteiger partial charge in [0.05, 0.1) is 0 Å². The van der Waals surface area contributed by atoms with Crippen molar-refractivity contribution in [1.82, 2.24) is 20.1 Å². The van der Waals surface area contributed by atoms with Crippen LogP contribution in [-0.2, 0) is 5.21 Å². The lowest BCUT2D eigenvalue weighted by atomic mass is 9.84. The third kappa shape index (κ3) is 1.35. The molecule has 2 heterocycles. The van der Waals surface area contributed by atoms with Gasteiger partial charge < -0.3 is 5.21 Å². The Morgan fingerprint density at radius 1 is 1.20 bits per heavy atom. The molecule has 0 N–H and O–H groups in total. The van der Waals surface area contributed by atoms with Gasteiger partial charge in [-0.25, -0.2) is 0 Å². The number of aromatic nitrogens is 3. The van der Waals surface area contributed by atoms with Crippen LogP contribution in [0.4, 0.5) is 0 Å².